The van der Waals surface area contributed by atoms with Gasteiger partial charge in [0.25, 0.3) is 0 Å². The van der Waals surface area contributed by atoms with E-state index in [-0.39, 0.29) is 11.5 Å². The number of hydrogen-bond donors (Lipinski definition) is 2. The van der Waals surface area contributed by atoms with Crippen molar-refractivity contribution in [2.24, 2.45) is 0 Å². The molecule has 0 aliphatic heterocycles. The molecule has 2 N–H and O–H groups in total. The number of phenols is 2. The van der Waals surface area contributed by atoms with E-state index in [2.05, 4.69) is 6.07 Å². The van der Waals surface area contributed by atoms with Gasteiger partial charge in [0.2, 0.25) is 0 Å². The molecule has 0 fully saturated rings. The Labute approximate surface area is 141 Å². The van der Waals surface area contributed by atoms with Crippen molar-refractivity contribution in [3.63, 3.8) is 0 Å². The minimum atomic E-state index is 0.0563. The molecule has 0 amide bonds. The quantitative estimate of drug-likeness (QED) is 0.367. The molecule has 3 nitrogen and oxygen atoms in total. The first-order valence-electron chi connectivity index (χ1n) is 7.50. The maximum Gasteiger partial charge on any atom is 0.136 e. The van der Waals surface area contributed by atoms with Gasteiger partial charge in [-0.3, -0.25) is 0 Å². The zero-order chi connectivity index (χ0) is 16.4. The molecule has 5 aromatic rings. The highest BCUT2D eigenvalue weighted by molar-refractivity contribution is 6.37. The van der Waals surface area contributed by atoms with Crippen molar-refractivity contribution in [3.05, 3.63) is 59.6 Å². The Bertz CT molecular complexity index is 1280. The van der Waals surface area contributed by atoms with Crippen LogP contribution in [0.2, 0.25) is 5.02 Å². The van der Waals surface area contributed by atoms with E-state index in [4.69, 9.17) is 16.0 Å². The molecular formula is C20H11ClO3. The summed E-state index contributed by atoms with van der Waals surface area (Å²) in [6, 6.07) is 16.6. The van der Waals surface area contributed by atoms with Crippen LogP contribution in [-0.4, -0.2) is 10.2 Å². The summed E-state index contributed by atoms with van der Waals surface area (Å²) in [7, 11) is 0. The van der Waals surface area contributed by atoms with Crippen LogP contribution in [0.25, 0.3) is 43.5 Å². The standard InChI is InChI=1S/C20H11ClO3/c21-20-14-9-19-16(7-11(14)2-4-17(20)23)15-6-10-1-3-13(22)5-12(10)8-18(15)24-19/h1-9,22-23H. The number of halogens is 1. The predicted octanol–water partition coefficient (Wildman–Crippen LogP) is 5.96. The fraction of sp³-hybridized carbons (Fsp3) is 0. The molecule has 1 aromatic heterocycles. The van der Waals surface area contributed by atoms with Gasteiger partial charge in [0.1, 0.15) is 22.7 Å². The summed E-state index contributed by atoms with van der Waals surface area (Å²) in [5.41, 5.74) is 1.46. The maximum absolute atomic E-state index is 9.80. The zero-order valence-electron chi connectivity index (χ0n) is 12.4. The first-order valence-corrected chi connectivity index (χ1v) is 7.88. The first kappa shape index (κ1) is 13.5. The van der Waals surface area contributed by atoms with Gasteiger partial charge in [0, 0.05) is 16.2 Å². The second kappa shape index (κ2) is 4.56. The van der Waals surface area contributed by atoms with Crippen molar-refractivity contribution in [1.82, 2.24) is 0 Å². The Morgan fingerprint density at radius 2 is 1.38 bits per heavy atom. The topological polar surface area (TPSA) is 53.6 Å². The Balaban J connectivity index is 1.94. The zero-order valence-corrected chi connectivity index (χ0v) is 13.1. The molecule has 0 spiro atoms. The normalized spacial score (nSPS) is 11.9. The average molecular weight is 335 g/mol. The molecular weight excluding hydrogens is 324 g/mol. The van der Waals surface area contributed by atoms with E-state index < -0.39 is 0 Å². The molecule has 0 unspecified atom stereocenters. The number of phenolic OH excluding ortho intramolecular Hbond substituents is 2. The van der Waals surface area contributed by atoms with E-state index in [9.17, 15) is 10.2 Å². The van der Waals surface area contributed by atoms with Crippen LogP contribution >= 0.6 is 11.6 Å². The van der Waals surface area contributed by atoms with Crippen LogP contribution in [0.5, 0.6) is 11.5 Å². The molecule has 0 aliphatic rings. The van der Waals surface area contributed by atoms with Gasteiger partial charge in [-0.1, -0.05) is 23.7 Å². The number of rotatable bonds is 0. The van der Waals surface area contributed by atoms with Gasteiger partial charge in [-0.25, -0.2) is 0 Å². The highest BCUT2D eigenvalue weighted by atomic mass is 35.5. The Morgan fingerprint density at radius 1 is 0.667 bits per heavy atom. The van der Waals surface area contributed by atoms with Crippen molar-refractivity contribution < 1.29 is 14.6 Å². The van der Waals surface area contributed by atoms with Gasteiger partial charge in [-0.15, -0.1) is 0 Å². The smallest absolute Gasteiger partial charge is 0.136 e. The summed E-state index contributed by atoms with van der Waals surface area (Å²) < 4.78 is 5.98. The van der Waals surface area contributed by atoms with Gasteiger partial charge < -0.3 is 14.6 Å². The van der Waals surface area contributed by atoms with Crippen molar-refractivity contribution in [1.29, 1.82) is 0 Å². The monoisotopic (exact) mass is 334 g/mol. The summed E-state index contributed by atoms with van der Waals surface area (Å²) in [4.78, 5) is 0. The molecule has 0 saturated heterocycles. The lowest BCUT2D eigenvalue weighted by Gasteiger charge is -2.03. The molecule has 0 bridgehead atoms. The summed E-state index contributed by atoms with van der Waals surface area (Å²) in [5.74, 6) is 0.284. The molecule has 5 rings (SSSR count). The number of benzene rings is 4. The van der Waals surface area contributed by atoms with E-state index >= 15 is 0 Å². The number of fused-ring (bicyclic) bond motifs is 5. The van der Waals surface area contributed by atoms with Crippen LogP contribution in [-0.2, 0) is 0 Å². The average Bonchev–Trinajstić information content (AvgIpc) is 2.91. The van der Waals surface area contributed by atoms with Crippen LogP contribution < -0.4 is 0 Å². The van der Waals surface area contributed by atoms with E-state index in [0.29, 0.717) is 10.6 Å². The Kier molecular flexibility index (Phi) is 2.57. The van der Waals surface area contributed by atoms with Crippen LogP contribution in [0, 0.1) is 0 Å². The molecule has 0 radical (unpaired) electrons. The summed E-state index contributed by atoms with van der Waals surface area (Å²) in [6.45, 7) is 0. The number of furan rings is 1. The van der Waals surface area contributed by atoms with Gasteiger partial charge >= 0.3 is 0 Å². The number of hydrogen-bond acceptors (Lipinski definition) is 3. The van der Waals surface area contributed by atoms with Crippen LogP contribution in [0.15, 0.2) is 59.0 Å². The minimum absolute atomic E-state index is 0.0563. The van der Waals surface area contributed by atoms with E-state index in [1.807, 2.05) is 30.3 Å². The third-order valence-corrected chi connectivity index (χ3v) is 4.86. The predicted molar refractivity (Wildman–Crippen MR) is 97.1 cm³/mol. The van der Waals surface area contributed by atoms with E-state index in [1.165, 1.54) is 0 Å². The summed E-state index contributed by atoms with van der Waals surface area (Å²) >= 11 is 6.21. The molecule has 116 valence electrons. The van der Waals surface area contributed by atoms with E-state index in [0.717, 1.165) is 37.9 Å². The molecule has 4 heteroatoms. The first-order chi connectivity index (χ1) is 11.6. The lowest BCUT2D eigenvalue weighted by atomic mass is 10.0. The molecule has 0 aliphatic carbocycles. The van der Waals surface area contributed by atoms with Crippen molar-refractivity contribution in [2.75, 3.05) is 0 Å². The van der Waals surface area contributed by atoms with Gasteiger partial charge in [-0.2, -0.15) is 0 Å². The Hall–Kier alpha value is -2.91. The van der Waals surface area contributed by atoms with E-state index in [1.54, 1.807) is 18.2 Å². The van der Waals surface area contributed by atoms with Crippen LogP contribution in [0.4, 0.5) is 0 Å². The highest BCUT2D eigenvalue weighted by Crippen LogP contribution is 2.39. The fourth-order valence-electron chi connectivity index (χ4n) is 3.28. The minimum Gasteiger partial charge on any atom is -0.508 e. The van der Waals surface area contributed by atoms with Crippen molar-refractivity contribution in [2.45, 2.75) is 0 Å². The molecule has 4 aromatic carbocycles. The largest absolute Gasteiger partial charge is 0.508 e. The van der Waals surface area contributed by atoms with Crippen molar-refractivity contribution >= 4 is 55.1 Å². The second-order valence-corrected chi connectivity index (χ2v) is 6.33. The lowest BCUT2D eigenvalue weighted by molar-refractivity contribution is 0.476. The maximum atomic E-state index is 9.80. The summed E-state index contributed by atoms with van der Waals surface area (Å²) in [6.07, 6.45) is 0. The van der Waals surface area contributed by atoms with Crippen molar-refractivity contribution in [3.8, 4) is 11.5 Å². The third-order valence-electron chi connectivity index (χ3n) is 4.47. The highest BCUT2D eigenvalue weighted by Gasteiger charge is 2.12. The van der Waals surface area contributed by atoms with Gasteiger partial charge in [-0.05, 0) is 58.6 Å². The SMILES string of the molecule is Oc1ccc2cc3c(cc2c1)oc1cc2c(Cl)c(O)ccc2cc13. The second-order valence-electron chi connectivity index (χ2n) is 5.95. The Morgan fingerprint density at radius 3 is 2.21 bits per heavy atom. The lowest BCUT2D eigenvalue weighted by Crippen LogP contribution is -1.77. The van der Waals surface area contributed by atoms with Gasteiger partial charge in [0.15, 0.2) is 0 Å². The summed E-state index contributed by atoms with van der Waals surface area (Å²) in [5, 5.41) is 25.4. The fourth-order valence-corrected chi connectivity index (χ4v) is 3.50. The van der Waals surface area contributed by atoms with Gasteiger partial charge in [0.05, 0.1) is 5.02 Å². The molecule has 0 saturated carbocycles. The van der Waals surface area contributed by atoms with Crippen LogP contribution in [0.1, 0.15) is 0 Å². The molecule has 0 atom stereocenters. The van der Waals surface area contributed by atoms with Crippen LogP contribution in [0.3, 0.4) is 0 Å². The molecule has 1 heterocycles. The molecule has 24 heavy (non-hydrogen) atoms. The number of aromatic hydroxyl groups is 2. The third kappa shape index (κ3) is 1.79.